The predicted molar refractivity (Wildman–Crippen MR) is 129 cm³/mol. The Morgan fingerprint density at radius 1 is 0.844 bits per heavy atom. The highest BCUT2D eigenvalue weighted by Crippen LogP contribution is 2.41. The molecule has 0 rings (SSSR count). The molecule has 0 aliphatic heterocycles. The van der Waals surface area contributed by atoms with E-state index in [4.69, 9.17) is 9.05 Å². The lowest BCUT2D eigenvalue weighted by atomic mass is 10.0. The molecule has 3 atom stereocenters. The van der Waals surface area contributed by atoms with Gasteiger partial charge < -0.3 is 28.6 Å². The maximum absolute atomic E-state index is 12.1. The van der Waals surface area contributed by atoms with Gasteiger partial charge in [-0.3, -0.25) is 4.57 Å². The zero-order valence-electron chi connectivity index (χ0n) is 21.3. The van der Waals surface area contributed by atoms with Gasteiger partial charge in [0.2, 0.25) is 0 Å². The van der Waals surface area contributed by atoms with Crippen LogP contribution in [0.5, 0.6) is 0 Å². The average Bonchev–Trinajstić information content (AvgIpc) is 2.71. The molecule has 0 heterocycles. The van der Waals surface area contributed by atoms with Crippen molar-refractivity contribution in [3.05, 3.63) is 0 Å². The highest BCUT2D eigenvalue weighted by molar-refractivity contribution is 7.45. The van der Waals surface area contributed by atoms with Gasteiger partial charge in [0.25, 0.3) is 7.82 Å². The summed E-state index contributed by atoms with van der Waals surface area (Å²) in [5.74, 6) is 0. The minimum Gasteiger partial charge on any atom is -0.756 e. The number of unbranched alkanes of at least 4 members (excludes halogenated alkanes) is 13. The Hall–Kier alpha value is -0.0100. The summed E-state index contributed by atoms with van der Waals surface area (Å²) < 4.78 is 22.7. The molecular formula is C24H52NO6P. The smallest absolute Gasteiger partial charge is 0.268 e. The van der Waals surface area contributed by atoms with E-state index >= 15 is 0 Å². The van der Waals surface area contributed by atoms with Crippen molar-refractivity contribution in [3.8, 4) is 0 Å². The van der Waals surface area contributed by atoms with Crippen LogP contribution in [0.4, 0.5) is 0 Å². The van der Waals surface area contributed by atoms with Crippen LogP contribution in [-0.4, -0.2) is 67.8 Å². The van der Waals surface area contributed by atoms with Crippen molar-refractivity contribution in [2.75, 3.05) is 40.9 Å². The molecule has 32 heavy (non-hydrogen) atoms. The summed E-state index contributed by atoms with van der Waals surface area (Å²) in [6.07, 6.45) is 15.5. The third-order valence-electron chi connectivity index (χ3n) is 5.73. The van der Waals surface area contributed by atoms with Crippen LogP contribution in [-0.2, 0) is 13.6 Å². The first-order chi connectivity index (χ1) is 15.1. The molecule has 0 aliphatic rings. The number of likely N-dealkylation sites (N-methyl/N-ethyl adjacent to an activating group) is 1. The fourth-order valence-electron chi connectivity index (χ4n) is 3.60. The number of quaternary nitrogens is 1. The molecule has 0 spiro atoms. The summed E-state index contributed by atoms with van der Waals surface area (Å²) in [5, 5.41) is 19.2. The minimum absolute atomic E-state index is 0.0189. The Kier molecular flexibility index (Phi) is 19.3. The van der Waals surface area contributed by atoms with Crippen LogP contribution in [0, 0.1) is 0 Å². The van der Waals surface area contributed by atoms with Gasteiger partial charge in [-0.2, -0.15) is 0 Å². The molecule has 0 amide bonds. The molecule has 0 aromatic rings. The second kappa shape index (κ2) is 19.3. The highest BCUT2D eigenvalue weighted by atomic mass is 31.2. The van der Waals surface area contributed by atoms with E-state index in [-0.39, 0.29) is 6.61 Å². The van der Waals surface area contributed by atoms with Crippen molar-refractivity contribution in [1.29, 1.82) is 0 Å². The lowest BCUT2D eigenvalue weighted by Crippen LogP contribution is -2.38. The molecule has 194 valence electrons. The van der Waals surface area contributed by atoms with Gasteiger partial charge in [0.1, 0.15) is 19.3 Å². The van der Waals surface area contributed by atoms with Gasteiger partial charge in [0.15, 0.2) is 0 Å². The SMILES string of the molecule is CCCCCCCCCCCCCCCCC(OP(=O)([O-])OCC[N+](C)(C)C)[C@@H](O)CO. The van der Waals surface area contributed by atoms with Crippen molar-refractivity contribution in [2.45, 2.75) is 115 Å². The number of aliphatic hydroxyl groups excluding tert-OH is 2. The van der Waals surface area contributed by atoms with E-state index < -0.39 is 26.6 Å². The first kappa shape index (κ1) is 32.0. The molecule has 0 fully saturated rings. The third-order valence-corrected chi connectivity index (χ3v) is 6.76. The number of nitrogens with zero attached hydrogens (tertiary/aromatic N) is 1. The summed E-state index contributed by atoms with van der Waals surface area (Å²) in [7, 11) is 1.29. The quantitative estimate of drug-likeness (QED) is 0.124. The Morgan fingerprint density at radius 2 is 1.28 bits per heavy atom. The number of hydrogen-bond acceptors (Lipinski definition) is 6. The van der Waals surface area contributed by atoms with Crippen LogP contribution in [0.3, 0.4) is 0 Å². The van der Waals surface area contributed by atoms with E-state index in [9.17, 15) is 19.7 Å². The van der Waals surface area contributed by atoms with Crippen LogP contribution in [0.15, 0.2) is 0 Å². The normalized spacial score (nSPS) is 16.1. The number of aliphatic hydroxyl groups is 2. The van der Waals surface area contributed by atoms with E-state index in [1.165, 1.54) is 70.6 Å². The van der Waals surface area contributed by atoms with Crippen LogP contribution < -0.4 is 4.89 Å². The molecule has 7 nitrogen and oxygen atoms in total. The molecule has 0 saturated heterocycles. The molecular weight excluding hydrogens is 429 g/mol. The van der Waals surface area contributed by atoms with E-state index in [0.29, 0.717) is 17.4 Å². The highest BCUT2D eigenvalue weighted by Gasteiger charge is 2.25. The minimum atomic E-state index is -4.52. The number of rotatable bonds is 23. The van der Waals surface area contributed by atoms with E-state index in [1.807, 2.05) is 21.1 Å². The second-order valence-electron chi connectivity index (χ2n) is 10.1. The molecule has 0 aromatic carbocycles. The van der Waals surface area contributed by atoms with Gasteiger partial charge >= 0.3 is 0 Å². The molecule has 0 radical (unpaired) electrons. The lowest BCUT2D eigenvalue weighted by Gasteiger charge is -2.31. The largest absolute Gasteiger partial charge is 0.756 e. The molecule has 0 saturated carbocycles. The van der Waals surface area contributed by atoms with Crippen molar-refractivity contribution in [1.82, 2.24) is 0 Å². The first-order valence-electron chi connectivity index (χ1n) is 12.8. The zero-order chi connectivity index (χ0) is 24.3. The number of phosphoric acid groups is 1. The Labute approximate surface area is 197 Å². The maximum Gasteiger partial charge on any atom is 0.268 e. The van der Waals surface area contributed by atoms with Crippen molar-refractivity contribution in [2.24, 2.45) is 0 Å². The predicted octanol–water partition coefficient (Wildman–Crippen LogP) is 4.79. The summed E-state index contributed by atoms with van der Waals surface area (Å²) in [4.78, 5) is 12.1. The summed E-state index contributed by atoms with van der Waals surface area (Å²) >= 11 is 0. The Balaban J connectivity index is 3.89. The Morgan fingerprint density at radius 3 is 1.69 bits per heavy atom. The number of phosphoric ester groups is 1. The molecule has 0 bridgehead atoms. The van der Waals surface area contributed by atoms with Gasteiger partial charge in [-0.05, 0) is 6.42 Å². The average molecular weight is 482 g/mol. The molecule has 0 aromatic heterocycles. The fraction of sp³-hybridized carbons (Fsp3) is 1.00. The van der Waals surface area contributed by atoms with E-state index in [0.717, 1.165) is 19.3 Å². The lowest BCUT2D eigenvalue weighted by molar-refractivity contribution is -0.870. The van der Waals surface area contributed by atoms with Gasteiger partial charge in [-0.1, -0.05) is 96.8 Å². The van der Waals surface area contributed by atoms with Gasteiger partial charge in [-0.25, -0.2) is 0 Å². The van der Waals surface area contributed by atoms with Crippen LogP contribution in [0.2, 0.25) is 0 Å². The van der Waals surface area contributed by atoms with Crippen molar-refractivity contribution in [3.63, 3.8) is 0 Å². The van der Waals surface area contributed by atoms with E-state index in [2.05, 4.69) is 6.92 Å². The summed E-state index contributed by atoms with van der Waals surface area (Å²) in [6, 6.07) is 0. The molecule has 0 aliphatic carbocycles. The molecule has 2 unspecified atom stereocenters. The summed E-state index contributed by atoms with van der Waals surface area (Å²) in [5.41, 5.74) is 0. The number of hydrogen-bond donors (Lipinski definition) is 2. The molecule has 8 heteroatoms. The van der Waals surface area contributed by atoms with E-state index in [1.54, 1.807) is 0 Å². The standard InChI is InChI=1S/C24H52NO6P/c1-5-6-7-8-9-10-11-12-13-14-15-16-17-18-19-24(23(27)22-26)31-32(28,29)30-21-20-25(2,3)4/h23-24,26-27H,5-22H2,1-4H3/t23-,24?/m0/s1. The van der Waals surface area contributed by atoms with Gasteiger partial charge in [-0.15, -0.1) is 0 Å². The third kappa shape index (κ3) is 20.6. The monoisotopic (exact) mass is 481 g/mol. The Bertz CT molecular complexity index is 472. The zero-order valence-corrected chi connectivity index (χ0v) is 22.2. The van der Waals surface area contributed by atoms with Crippen molar-refractivity contribution >= 4 is 7.82 Å². The van der Waals surface area contributed by atoms with Crippen LogP contribution >= 0.6 is 7.82 Å². The fourth-order valence-corrected chi connectivity index (χ4v) is 4.54. The van der Waals surface area contributed by atoms with Gasteiger partial charge in [0.05, 0.1) is 33.9 Å². The van der Waals surface area contributed by atoms with Crippen LogP contribution in [0.1, 0.15) is 103 Å². The maximum atomic E-state index is 12.1. The first-order valence-corrected chi connectivity index (χ1v) is 14.3. The summed E-state index contributed by atoms with van der Waals surface area (Å²) in [6.45, 7) is 2.24. The topological polar surface area (TPSA) is 99.1 Å². The molecule has 2 N–H and O–H groups in total. The second-order valence-corrected chi connectivity index (χ2v) is 11.4. The van der Waals surface area contributed by atoms with Gasteiger partial charge in [0, 0.05) is 0 Å². The van der Waals surface area contributed by atoms with Crippen LogP contribution in [0.25, 0.3) is 0 Å². The van der Waals surface area contributed by atoms with Crippen molar-refractivity contribution < 1.29 is 33.2 Å².